The molecule has 0 amide bonds. The van der Waals surface area contributed by atoms with Gasteiger partial charge in [0.15, 0.2) is 0 Å². The standard InChI is InChI=1S/C16H18N4O/c21-9-8-20-13-14(12-18-20)11-17-15-4-3-5-16(10-15)19-6-1-2-7-19/h1-7,10,12-13,17,21H,8-9,11H2. The highest BCUT2D eigenvalue weighted by atomic mass is 16.3. The first kappa shape index (κ1) is 13.5. The monoisotopic (exact) mass is 282 g/mol. The molecular weight excluding hydrogens is 264 g/mol. The van der Waals surface area contributed by atoms with Crippen molar-refractivity contribution < 1.29 is 5.11 Å². The van der Waals surface area contributed by atoms with E-state index in [9.17, 15) is 0 Å². The van der Waals surface area contributed by atoms with Gasteiger partial charge in [-0.15, -0.1) is 0 Å². The zero-order valence-corrected chi connectivity index (χ0v) is 11.7. The van der Waals surface area contributed by atoms with Crippen LogP contribution in [0.5, 0.6) is 0 Å². The number of hydrogen-bond donors (Lipinski definition) is 2. The molecule has 3 aromatic rings. The Bertz CT molecular complexity index is 688. The topological polar surface area (TPSA) is 55.0 Å². The number of benzene rings is 1. The molecule has 108 valence electrons. The molecule has 0 atom stereocenters. The van der Waals surface area contributed by atoms with E-state index in [1.165, 1.54) is 0 Å². The van der Waals surface area contributed by atoms with Crippen molar-refractivity contribution in [3.05, 3.63) is 66.7 Å². The molecular formula is C16H18N4O. The first-order chi connectivity index (χ1) is 10.3. The summed E-state index contributed by atoms with van der Waals surface area (Å²) in [5.41, 5.74) is 3.28. The number of aromatic nitrogens is 3. The largest absolute Gasteiger partial charge is 0.394 e. The number of hydrogen-bond acceptors (Lipinski definition) is 3. The molecule has 0 aliphatic carbocycles. The van der Waals surface area contributed by atoms with Crippen LogP contribution in [-0.2, 0) is 13.1 Å². The third-order valence-corrected chi connectivity index (χ3v) is 3.26. The number of rotatable bonds is 6. The van der Waals surface area contributed by atoms with Gasteiger partial charge in [0.2, 0.25) is 0 Å². The molecule has 0 fully saturated rings. The molecule has 0 aliphatic heterocycles. The van der Waals surface area contributed by atoms with Crippen molar-refractivity contribution in [3.8, 4) is 5.69 Å². The van der Waals surface area contributed by atoms with E-state index in [2.05, 4.69) is 27.1 Å². The zero-order chi connectivity index (χ0) is 14.5. The van der Waals surface area contributed by atoms with Gasteiger partial charge < -0.3 is 15.0 Å². The summed E-state index contributed by atoms with van der Waals surface area (Å²) in [6, 6.07) is 12.3. The fourth-order valence-electron chi connectivity index (χ4n) is 2.21. The Balaban J connectivity index is 1.66. The van der Waals surface area contributed by atoms with Crippen molar-refractivity contribution in [2.24, 2.45) is 0 Å². The van der Waals surface area contributed by atoms with E-state index >= 15 is 0 Å². The number of aliphatic hydroxyl groups excluding tert-OH is 1. The zero-order valence-electron chi connectivity index (χ0n) is 11.7. The maximum Gasteiger partial charge on any atom is 0.0640 e. The summed E-state index contributed by atoms with van der Waals surface area (Å²) in [5.74, 6) is 0. The molecule has 0 radical (unpaired) electrons. The van der Waals surface area contributed by atoms with E-state index in [-0.39, 0.29) is 6.61 Å². The Kier molecular flexibility index (Phi) is 4.02. The van der Waals surface area contributed by atoms with Gasteiger partial charge in [-0.25, -0.2) is 0 Å². The van der Waals surface area contributed by atoms with Crippen LogP contribution in [0.1, 0.15) is 5.56 Å². The fourth-order valence-corrected chi connectivity index (χ4v) is 2.21. The molecule has 3 rings (SSSR count). The predicted octanol–water partition coefficient (Wildman–Crippen LogP) is 2.28. The Morgan fingerprint density at radius 3 is 2.81 bits per heavy atom. The molecule has 1 aromatic carbocycles. The van der Waals surface area contributed by atoms with Crippen LogP contribution in [-0.4, -0.2) is 26.1 Å². The SMILES string of the molecule is OCCn1cc(CNc2cccc(-n3cccc3)c2)cn1. The summed E-state index contributed by atoms with van der Waals surface area (Å²) in [7, 11) is 0. The smallest absolute Gasteiger partial charge is 0.0640 e. The molecule has 2 N–H and O–H groups in total. The molecule has 2 aromatic heterocycles. The first-order valence-electron chi connectivity index (χ1n) is 6.94. The molecule has 2 heterocycles. The Hall–Kier alpha value is -2.53. The molecule has 5 nitrogen and oxygen atoms in total. The van der Waals surface area contributed by atoms with Crippen molar-refractivity contribution in [2.45, 2.75) is 13.1 Å². The minimum absolute atomic E-state index is 0.105. The number of nitrogens with one attached hydrogen (secondary N) is 1. The second-order valence-corrected chi connectivity index (χ2v) is 4.83. The summed E-state index contributed by atoms with van der Waals surface area (Å²) in [5, 5.41) is 16.5. The predicted molar refractivity (Wildman–Crippen MR) is 82.4 cm³/mol. The van der Waals surface area contributed by atoms with E-state index in [4.69, 9.17) is 5.11 Å². The van der Waals surface area contributed by atoms with Crippen LogP contribution in [0.3, 0.4) is 0 Å². The maximum atomic E-state index is 8.88. The molecule has 0 saturated carbocycles. The maximum absolute atomic E-state index is 8.88. The average molecular weight is 282 g/mol. The molecule has 0 spiro atoms. The Morgan fingerprint density at radius 2 is 2.00 bits per heavy atom. The normalized spacial score (nSPS) is 10.7. The van der Waals surface area contributed by atoms with E-state index in [1.807, 2.05) is 49.1 Å². The molecule has 5 heteroatoms. The van der Waals surface area contributed by atoms with Gasteiger partial charge in [0.1, 0.15) is 0 Å². The van der Waals surface area contributed by atoms with Crippen LogP contribution in [0.4, 0.5) is 5.69 Å². The highest BCUT2D eigenvalue weighted by molar-refractivity contribution is 5.51. The van der Waals surface area contributed by atoms with Gasteiger partial charge in [-0.1, -0.05) is 6.07 Å². The highest BCUT2D eigenvalue weighted by Gasteiger charge is 2.00. The lowest BCUT2D eigenvalue weighted by atomic mass is 10.2. The van der Waals surface area contributed by atoms with Crippen molar-refractivity contribution >= 4 is 5.69 Å². The number of nitrogens with zero attached hydrogens (tertiary/aromatic N) is 3. The minimum atomic E-state index is 0.105. The average Bonchev–Trinajstić information content (AvgIpc) is 3.18. The minimum Gasteiger partial charge on any atom is -0.394 e. The van der Waals surface area contributed by atoms with Crippen LogP contribution in [0.15, 0.2) is 61.2 Å². The first-order valence-corrected chi connectivity index (χ1v) is 6.94. The third kappa shape index (κ3) is 3.32. The van der Waals surface area contributed by atoms with Gasteiger partial charge in [0.25, 0.3) is 0 Å². The van der Waals surface area contributed by atoms with Gasteiger partial charge in [0, 0.05) is 42.1 Å². The Morgan fingerprint density at radius 1 is 1.14 bits per heavy atom. The summed E-state index contributed by atoms with van der Waals surface area (Å²) in [6.07, 6.45) is 7.81. The second kappa shape index (κ2) is 6.28. The third-order valence-electron chi connectivity index (χ3n) is 3.26. The van der Waals surface area contributed by atoms with E-state index in [0.29, 0.717) is 13.1 Å². The lowest BCUT2D eigenvalue weighted by molar-refractivity contribution is 0.269. The molecule has 21 heavy (non-hydrogen) atoms. The summed E-state index contributed by atoms with van der Waals surface area (Å²) in [6.45, 7) is 1.34. The van der Waals surface area contributed by atoms with Crippen molar-refractivity contribution in [1.82, 2.24) is 14.3 Å². The molecule has 0 aliphatic rings. The van der Waals surface area contributed by atoms with Crippen LogP contribution in [0.2, 0.25) is 0 Å². The fraction of sp³-hybridized carbons (Fsp3) is 0.188. The van der Waals surface area contributed by atoms with Gasteiger partial charge >= 0.3 is 0 Å². The lowest BCUT2D eigenvalue weighted by Crippen LogP contribution is -2.02. The lowest BCUT2D eigenvalue weighted by Gasteiger charge is -2.08. The van der Waals surface area contributed by atoms with Gasteiger partial charge in [0.05, 0.1) is 19.3 Å². The van der Waals surface area contributed by atoms with Crippen molar-refractivity contribution in [3.63, 3.8) is 0 Å². The van der Waals surface area contributed by atoms with Crippen LogP contribution < -0.4 is 5.32 Å². The molecule has 0 bridgehead atoms. The van der Waals surface area contributed by atoms with Gasteiger partial charge in [-0.3, -0.25) is 4.68 Å². The van der Waals surface area contributed by atoms with Gasteiger partial charge in [-0.2, -0.15) is 5.10 Å². The number of aliphatic hydroxyl groups is 1. The summed E-state index contributed by atoms with van der Waals surface area (Å²) >= 11 is 0. The van der Waals surface area contributed by atoms with E-state index in [1.54, 1.807) is 4.68 Å². The highest BCUT2D eigenvalue weighted by Crippen LogP contribution is 2.15. The van der Waals surface area contributed by atoms with Crippen molar-refractivity contribution in [2.75, 3.05) is 11.9 Å². The molecule has 0 saturated heterocycles. The summed E-state index contributed by atoms with van der Waals surface area (Å²) < 4.78 is 3.82. The van der Waals surface area contributed by atoms with Crippen molar-refractivity contribution in [1.29, 1.82) is 0 Å². The van der Waals surface area contributed by atoms with Crippen LogP contribution >= 0.6 is 0 Å². The quantitative estimate of drug-likeness (QED) is 0.729. The van der Waals surface area contributed by atoms with Crippen LogP contribution in [0.25, 0.3) is 5.69 Å². The molecule has 0 unspecified atom stereocenters. The Labute approximate surface area is 123 Å². The van der Waals surface area contributed by atoms with Crippen LogP contribution in [0, 0.1) is 0 Å². The van der Waals surface area contributed by atoms with Gasteiger partial charge in [-0.05, 0) is 30.3 Å². The number of anilines is 1. The summed E-state index contributed by atoms with van der Waals surface area (Å²) in [4.78, 5) is 0. The van der Waals surface area contributed by atoms with E-state index in [0.717, 1.165) is 16.9 Å². The van der Waals surface area contributed by atoms with E-state index < -0.39 is 0 Å². The second-order valence-electron chi connectivity index (χ2n) is 4.83.